The van der Waals surface area contributed by atoms with Gasteiger partial charge < -0.3 is 5.11 Å². The predicted molar refractivity (Wildman–Crippen MR) is 54.3 cm³/mol. The fourth-order valence-corrected chi connectivity index (χ4v) is 1.57. The Hall–Kier alpha value is -2.39. The molecule has 2 aromatic rings. The van der Waals surface area contributed by atoms with E-state index in [-0.39, 0.29) is 6.54 Å². The van der Waals surface area contributed by atoms with Gasteiger partial charge in [-0.25, -0.2) is 9.48 Å². The molecular formula is C9H8F3N5O2. The molecule has 19 heavy (non-hydrogen) atoms. The number of hydrogen-bond acceptors (Lipinski definition) is 4. The second-order valence-electron chi connectivity index (χ2n) is 3.77. The molecule has 0 aliphatic carbocycles. The van der Waals surface area contributed by atoms with E-state index in [2.05, 4.69) is 15.4 Å². The van der Waals surface area contributed by atoms with Crippen LogP contribution in [0.25, 0.3) is 0 Å². The molecule has 0 radical (unpaired) electrons. The second kappa shape index (κ2) is 4.37. The molecule has 0 atom stereocenters. The van der Waals surface area contributed by atoms with Crippen molar-refractivity contribution in [2.75, 3.05) is 0 Å². The highest BCUT2D eigenvalue weighted by Crippen LogP contribution is 2.31. The minimum absolute atomic E-state index is 0.261. The molecule has 0 saturated carbocycles. The van der Waals surface area contributed by atoms with Crippen LogP contribution in [0.5, 0.6) is 0 Å². The van der Waals surface area contributed by atoms with Crippen LogP contribution in [-0.4, -0.2) is 35.9 Å². The lowest BCUT2D eigenvalue weighted by Crippen LogP contribution is -2.18. The van der Waals surface area contributed by atoms with Gasteiger partial charge in [0.15, 0.2) is 5.69 Å². The summed E-state index contributed by atoms with van der Waals surface area (Å²) in [5, 5.41) is 18.8. The van der Waals surface area contributed by atoms with Crippen molar-refractivity contribution in [2.24, 2.45) is 7.05 Å². The summed E-state index contributed by atoms with van der Waals surface area (Å²) in [6.45, 7) is -0.261. The average Bonchev–Trinajstić information content (AvgIpc) is 2.84. The summed E-state index contributed by atoms with van der Waals surface area (Å²) in [5.74, 6) is -1.77. The summed E-state index contributed by atoms with van der Waals surface area (Å²) in [6.07, 6.45) is -1.98. The number of carboxylic acid groups (broad SMARTS) is 1. The number of aryl methyl sites for hydroxylation is 1. The highest BCUT2D eigenvalue weighted by molar-refractivity contribution is 5.86. The lowest BCUT2D eigenvalue weighted by molar-refractivity contribution is -0.144. The quantitative estimate of drug-likeness (QED) is 0.894. The van der Waals surface area contributed by atoms with E-state index in [0.717, 1.165) is 0 Å². The summed E-state index contributed by atoms with van der Waals surface area (Å²) in [7, 11) is 1.61. The van der Waals surface area contributed by atoms with Crippen LogP contribution < -0.4 is 0 Å². The number of rotatable bonds is 3. The van der Waals surface area contributed by atoms with Crippen LogP contribution in [0.4, 0.5) is 13.2 Å². The fourth-order valence-electron chi connectivity index (χ4n) is 1.57. The van der Waals surface area contributed by atoms with E-state index in [4.69, 9.17) is 5.11 Å². The van der Waals surface area contributed by atoms with Crippen LogP contribution in [0.15, 0.2) is 12.4 Å². The summed E-state index contributed by atoms with van der Waals surface area (Å²) in [4.78, 5) is 10.7. The standard InChI is InChI=1S/C9H8F3N5O2/c1-16-3-5(2-13-16)4-17-7(9(10,11)12)6(8(18)19)14-15-17/h2-3H,4H2,1H3,(H,18,19). The molecule has 0 amide bonds. The molecular weight excluding hydrogens is 267 g/mol. The maximum Gasteiger partial charge on any atom is 0.435 e. The van der Waals surface area contributed by atoms with Gasteiger partial charge >= 0.3 is 12.1 Å². The molecule has 7 nitrogen and oxygen atoms in total. The topological polar surface area (TPSA) is 85.8 Å². The molecule has 102 valence electrons. The summed E-state index contributed by atoms with van der Waals surface area (Å²) in [5.41, 5.74) is -2.05. The number of halogens is 3. The number of carbonyl (C=O) groups is 1. The maximum absolute atomic E-state index is 12.8. The van der Waals surface area contributed by atoms with Gasteiger partial charge in [-0.15, -0.1) is 5.10 Å². The van der Waals surface area contributed by atoms with E-state index in [1.54, 1.807) is 7.05 Å². The molecule has 1 N–H and O–H groups in total. The highest BCUT2D eigenvalue weighted by atomic mass is 19.4. The van der Waals surface area contributed by atoms with E-state index in [0.29, 0.717) is 10.2 Å². The number of aromatic carboxylic acids is 1. The zero-order valence-electron chi connectivity index (χ0n) is 9.59. The number of carboxylic acids is 1. The third-order valence-electron chi connectivity index (χ3n) is 2.30. The first-order chi connectivity index (χ1) is 8.79. The van der Waals surface area contributed by atoms with Crippen molar-refractivity contribution in [2.45, 2.75) is 12.7 Å². The third kappa shape index (κ3) is 2.56. The molecule has 2 rings (SSSR count). The molecule has 0 aliphatic rings. The lowest BCUT2D eigenvalue weighted by atomic mass is 10.3. The van der Waals surface area contributed by atoms with Crippen molar-refractivity contribution in [3.8, 4) is 0 Å². The Morgan fingerprint density at radius 2 is 2.16 bits per heavy atom. The number of alkyl halides is 3. The summed E-state index contributed by atoms with van der Waals surface area (Å²) in [6, 6.07) is 0. The van der Waals surface area contributed by atoms with Gasteiger partial charge in [0.25, 0.3) is 0 Å². The molecule has 10 heteroatoms. The monoisotopic (exact) mass is 275 g/mol. The van der Waals surface area contributed by atoms with Crippen LogP contribution in [0.2, 0.25) is 0 Å². The van der Waals surface area contributed by atoms with Crippen LogP contribution in [-0.2, 0) is 19.8 Å². The van der Waals surface area contributed by atoms with E-state index in [9.17, 15) is 18.0 Å². The van der Waals surface area contributed by atoms with E-state index in [1.807, 2.05) is 0 Å². The Bertz CT molecular complexity index is 616. The van der Waals surface area contributed by atoms with Gasteiger partial charge in [0.1, 0.15) is 0 Å². The lowest BCUT2D eigenvalue weighted by Gasteiger charge is -2.08. The molecule has 0 unspecified atom stereocenters. The Morgan fingerprint density at radius 1 is 1.47 bits per heavy atom. The van der Waals surface area contributed by atoms with Crippen molar-refractivity contribution in [3.63, 3.8) is 0 Å². The van der Waals surface area contributed by atoms with Crippen molar-refractivity contribution in [1.82, 2.24) is 24.8 Å². The van der Waals surface area contributed by atoms with Crippen molar-refractivity contribution in [3.05, 3.63) is 29.3 Å². The first-order valence-corrected chi connectivity index (χ1v) is 5.00. The van der Waals surface area contributed by atoms with Crippen LogP contribution >= 0.6 is 0 Å². The summed E-state index contributed by atoms with van der Waals surface area (Å²) < 4.78 is 40.4. The summed E-state index contributed by atoms with van der Waals surface area (Å²) >= 11 is 0. The van der Waals surface area contributed by atoms with Crippen molar-refractivity contribution in [1.29, 1.82) is 0 Å². The Morgan fingerprint density at radius 3 is 2.63 bits per heavy atom. The molecule has 2 heterocycles. The van der Waals surface area contributed by atoms with E-state index in [1.165, 1.54) is 17.1 Å². The Kier molecular flexibility index (Phi) is 3.00. The minimum Gasteiger partial charge on any atom is -0.476 e. The predicted octanol–water partition coefficient (Wildman–Crippen LogP) is 0.777. The molecule has 0 aliphatic heterocycles. The van der Waals surface area contributed by atoms with Gasteiger partial charge in [-0.2, -0.15) is 18.3 Å². The normalized spacial score (nSPS) is 11.8. The molecule has 0 saturated heterocycles. The Labute approximate surface area is 104 Å². The second-order valence-corrected chi connectivity index (χ2v) is 3.77. The first kappa shape index (κ1) is 13.1. The molecule has 0 spiro atoms. The highest BCUT2D eigenvalue weighted by Gasteiger charge is 2.41. The number of nitrogens with zero attached hydrogens (tertiary/aromatic N) is 5. The zero-order valence-corrected chi connectivity index (χ0v) is 9.59. The van der Waals surface area contributed by atoms with Crippen molar-refractivity contribution < 1.29 is 23.1 Å². The number of aromatic nitrogens is 5. The molecule has 2 aromatic heterocycles. The van der Waals surface area contributed by atoms with Gasteiger partial charge in [0, 0.05) is 18.8 Å². The first-order valence-electron chi connectivity index (χ1n) is 5.00. The minimum atomic E-state index is -4.85. The van der Waals surface area contributed by atoms with Crippen LogP contribution in [0.1, 0.15) is 21.7 Å². The van der Waals surface area contributed by atoms with E-state index >= 15 is 0 Å². The maximum atomic E-state index is 12.8. The molecule has 0 bridgehead atoms. The SMILES string of the molecule is Cn1cc(Cn2nnc(C(=O)O)c2C(F)(F)F)cn1. The van der Waals surface area contributed by atoms with Gasteiger partial charge in [0.05, 0.1) is 12.7 Å². The third-order valence-corrected chi connectivity index (χ3v) is 2.30. The average molecular weight is 275 g/mol. The molecule has 0 fully saturated rings. The number of hydrogen-bond donors (Lipinski definition) is 1. The van der Waals surface area contributed by atoms with Crippen LogP contribution in [0, 0.1) is 0 Å². The van der Waals surface area contributed by atoms with Gasteiger partial charge in [-0.05, 0) is 0 Å². The van der Waals surface area contributed by atoms with Gasteiger partial charge in [-0.3, -0.25) is 4.68 Å². The smallest absolute Gasteiger partial charge is 0.435 e. The van der Waals surface area contributed by atoms with Gasteiger partial charge in [0.2, 0.25) is 5.69 Å². The van der Waals surface area contributed by atoms with E-state index < -0.39 is 23.5 Å². The zero-order chi connectivity index (χ0) is 14.2. The largest absolute Gasteiger partial charge is 0.476 e. The van der Waals surface area contributed by atoms with Crippen LogP contribution in [0.3, 0.4) is 0 Å². The van der Waals surface area contributed by atoms with Crippen molar-refractivity contribution >= 4 is 5.97 Å². The fraction of sp³-hybridized carbons (Fsp3) is 0.333. The Balaban J connectivity index is 2.43. The molecule has 0 aromatic carbocycles. The van der Waals surface area contributed by atoms with Gasteiger partial charge in [-0.1, -0.05) is 5.21 Å².